The third-order valence-electron chi connectivity index (χ3n) is 6.79. The van der Waals surface area contributed by atoms with E-state index in [0.29, 0.717) is 17.4 Å². The molecule has 0 radical (unpaired) electrons. The summed E-state index contributed by atoms with van der Waals surface area (Å²) in [5.74, 6) is 1.38. The molecule has 0 amide bonds. The minimum atomic E-state index is -0.174. The van der Waals surface area contributed by atoms with Gasteiger partial charge in [0.15, 0.2) is 5.52 Å². The number of piperazine rings is 1. The van der Waals surface area contributed by atoms with Crippen molar-refractivity contribution in [2.24, 2.45) is 13.0 Å². The summed E-state index contributed by atoms with van der Waals surface area (Å²) in [7, 11) is 1.83. The highest BCUT2D eigenvalue weighted by Crippen LogP contribution is 2.28. The van der Waals surface area contributed by atoms with E-state index >= 15 is 0 Å². The second kappa shape index (κ2) is 9.28. The number of aromatic nitrogens is 4. The van der Waals surface area contributed by atoms with Crippen molar-refractivity contribution >= 4 is 17.0 Å². The Hall–Kier alpha value is -1.93. The normalized spacial score (nSPS) is 19.2. The minimum Gasteiger partial charge on any atom is -0.341 e. The Morgan fingerprint density at radius 2 is 1.84 bits per heavy atom. The molecule has 1 aliphatic heterocycles. The van der Waals surface area contributed by atoms with Gasteiger partial charge in [0.25, 0.3) is 5.56 Å². The molecule has 3 heterocycles. The lowest BCUT2D eigenvalue weighted by atomic mass is 9.89. The molecule has 2 aliphatic rings. The second-order valence-electron chi connectivity index (χ2n) is 10.4. The molecule has 4 rings (SSSR count). The van der Waals surface area contributed by atoms with E-state index in [1.807, 2.05) is 7.05 Å². The average Bonchev–Trinajstić information content (AvgIpc) is 3.10. The molecule has 2 fully saturated rings. The summed E-state index contributed by atoms with van der Waals surface area (Å²) >= 11 is 0. The first kappa shape index (κ1) is 22.3. The topological polar surface area (TPSA) is 82.1 Å². The smallest absolute Gasteiger partial charge is 0.278 e. The van der Waals surface area contributed by atoms with Crippen LogP contribution in [0.5, 0.6) is 0 Å². The van der Waals surface area contributed by atoms with Gasteiger partial charge in [-0.15, -0.1) is 0 Å². The highest BCUT2D eigenvalue weighted by atomic mass is 16.1. The lowest BCUT2D eigenvalue weighted by molar-refractivity contribution is 0.243. The molecule has 0 aromatic carbocycles. The number of anilines is 1. The summed E-state index contributed by atoms with van der Waals surface area (Å²) in [6.07, 6.45) is 6.53. The van der Waals surface area contributed by atoms with Crippen LogP contribution in [0, 0.1) is 5.92 Å². The monoisotopic (exact) mass is 429 g/mol. The number of aromatic amines is 1. The fourth-order valence-electron chi connectivity index (χ4n) is 4.98. The van der Waals surface area contributed by atoms with Crippen molar-refractivity contribution in [3.8, 4) is 0 Å². The lowest BCUT2D eigenvalue weighted by Crippen LogP contribution is -2.47. The summed E-state index contributed by atoms with van der Waals surface area (Å²) in [6.45, 7) is 13.5. The molecule has 0 bridgehead atoms. The fraction of sp³-hybridized carbons (Fsp3) is 0.783. The van der Waals surface area contributed by atoms with Gasteiger partial charge in [-0.25, -0.2) is 4.98 Å². The van der Waals surface area contributed by atoms with Crippen molar-refractivity contribution < 1.29 is 0 Å². The number of aryl methyl sites for hydroxylation is 1. The van der Waals surface area contributed by atoms with E-state index in [1.54, 1.807) is 4.68 Å². The second-order valence-corrected chi connectivity index (χ2v) is 10.4. The maximum Gasteiger partial charge on any atom is 0.278 e. The van der Waals surface area contributed by atoms with E-state index in [1.165, 1.54) is 32.1 Å². The zero-order valence-corrected chi connectivity index (χ0v) is 19.7. The SMILES string of the molecule is Cn1nc(C(C)(C)C)c2nc(N(CCN3CCNCC3)CC3CCCCC3)[nH]c(=O)c21. The number of nitrogens with zero attached hydrogens (tertiary/aromatic N) is 5. The molecule has 31 heavy (non-hydrogen) atoms. The predicted molar refractivity (Wildman–Crippen MR) is 126 cm³/mol. The van der Waals surface area contributed by atoms with Gasteiger partial charge in [0.2, 0.25) is 5.95 Å². The molecule has 8 nitrogen and oxygen atoms in total. The summed E-state index contributed by atoms with van der Waals surface area (Å²) in [5.41, 5.74) is 1.92. The van der Waals surface area contributed by atoms with Crippen molar-refractivity contribution in [3.63, 3.8) is 0 Å². The van der Waals surface area contributed by atoms with Gasteiger partial charge in [0.05, 0.1) is 5.69 Å². The number of hydrogen-bond acceptors (Lipinski definition) is 6. The average molecular weight is 430 g/mol. The van der Waals surface area contributed by atoms with Crippen LogP contribution in [-0.2, 0) is 12.5 Å². The first-order chi connectivity index (χ1) is 14.8. The van der Waals surface area contributed by atoms with Gasteiger partial charge >= 0.3 is 0 Å². The molecule has 2 aromatic rings. The molecule has 1 saturated heterocycles. The molecule has 172 valence electrons. The van der Waals surface area contributed by atoms with Crippen LogP contribution < -0.4 is 15.8 Å². The van der Waals surface area contributed by atoms with Gasteiger partial charge < -0.3 is 10.2 Å². The van der Waals surface area contributed by atoms with Crippen LogP contribution in [0.2, 0.25) is 0 Å². The molecule has 0 spiro atoms. The molecule has 8 heteroatoms. The van der Waals surface area contributed by atoms with E-state index in [2.05, 4.69) is 46.0 Å². The van der Waals surface area contributed by atoms with Crippen molar-refractivity contribution in [1.29, 1.82) is 0 Å². The highest BCUT2D eigenvalue weighted by molar-refractivity contribution is 5.78. The van der Waals surface area contributed by atoms with Crippen LogP contribution in [0.3, 0.4) is 0 Å². The van der Waals surface area contributed by atoms with Crippen molar-refractivity contribution in [3.05, 3.63) is 16.0 Å². The number of H-pyrrole nitrogens is 1. The van der Waals surface area contributed by atoms with Crippen LogP contribution in [0.25, 0.3) is 11.0 Å². The van der Waals surface area contributed by atoms with Gasteiger partial charge in [-0.3, -0.25) is 19.4 Å². The van der Waals surface area contributed by atoms with Crippen LogP contribution in [-0.4, -0.2) is 70.5 Å². The molecule has 0 unspecified atom stereocenters. The minimum absolute atomic E-state index is 0.0960. The quantitative estimate of drug-likeness (QED) is 0.733. The Labute approximate surface area is 185 Å². The maximum atomic E-state index is 13.1. The van der Waals surface area contributed by atoms with Crippen molar-refractivity contribution in [2.45, 2.75) is 58.3 Å². The van der Waals surface area contributed by atoms with E-state index in [9.17, 15) is 4.79 Å². The Morgan fingerprint density at radius 3 is 2.52 bits per heavy atom. The third kappa shape index (κ3) is 5.12. The van der Waals surface area contributed by atoms with E-state index in [0.717, 1.165) is 57.0 Å². The fourth-order valence-corrected chi connectivity index (χ4v) is 4.98. The summed E-state index contributed by atoms with van der Waals surface area (Å²) < 4.78 is 1.68. The van der Waals surface area contributed by atoms with Gasteiger partial charge in [0, 0.05) is 58.3 Å². The Balaban J connectivity index is 1.65. The molecule has 0 atom stereocenters. The first-order valence-electron chi connectivity index (χ1n) is 12.0. The van der Waals surface area contributed by atoms with E-state index in [4.69, 9.17) is 4.98 Å². The van der Waals surface area contributed by atoms with Crippen LogP contribution in [0.1, 0.15) is 58.6 Å². The summed E-state index contributed by atoms with van der Waals surface area (Å²) in [6, 6.07) is 0. The molecule has 2 aromatic heterocycles. The molecule has 1 saturated carbocycles. The van der Waals surface area contributed by atoms with Crippen LogP contribution >= 0.6 is 0 Å². The van der Waals surface area contributed by atoms with Crippen molar-refractivity contribution in [1.82, 2.24) is 30.0 Å². The Bertz CT molecular complexity index is 930. The van der Waals surface area contributed by atoms with Gasteiger partial charge in [0.1, 0.15) is 5.52 Å². The molecular formula is C23H39N7O. The summed E-state index contributed by atoms with van der Waals surface area (Å²) in [4.78, 5) is 26.0. The van der Waals surface area contributed by atoms with Crippen LogP contribution in [0.4, 0.5) is 5.95 Å². The number of nitrogens with one attached hydrogen (secondary N) is 2. The largest absolute Gasteiger partial charge is 0.341 e. The number of rotatable bonds is 6. The zero-order chi connectivity index (χ0) is 22.0. The number of hydrogen-bond donors (Lipinski definition) is 2. The van der Waals surface area contributed by atoms with Gasteiger partial charge in [-0.1, -0.05) is 40.0 Å². The molecule has 1 aliphatic carbocycles. The molecule has 2 N–H and O–H groups in total. The van der Waals surface area contributed by atoms with Crippen molar-refractivity contribution in [2.75, 3.05) is 50.7 Å². The summed E-state index contributed by atoms with van der Waals surface area (Å²) in [5, 5.41) is 8.08. The third-order valence-corrected chi connectivity index (χ3v) is 6.79. The van der Waals surface area contributed by atoms with Gasteiger partial charge in [-0.05, 0) is 18.8 Å². The Morgan fingerprint density at radius 1 is 1.13 bits per heavy atom. The first-order valence-corrected chi connectivity index (χ1v) is 12.0. The lowest BCUT2D eigenvalue weighted by Gasteiger charge is -2.33. The van der Waals surface area contributed by atoms with Crippen LogP contribution in [0.15, 0.2) is 4.79 Å². The highest BCUT2D eigenvalue weighted by Gasteiger charge is 2.27. The predicted octanol–water partition coefficient (Wildman–Crippen LogP) is 2.25. The molecular weight excluding hydrogens is 390 g/mol. The Kier molecular flexibility index (Phi) is 6.67. The maximum absolute atomic E-state index is 13.1. The zero-order valence-electron chi connectivity index (χ0n) is 19.7. The number of fused-ring (bicyclic) bond motifs is 1. The van der Waals surface area contributed by atoms with E-state index in [-0.39, 0.29) is 11.0 Å². The standard InChI is InChI=1S/C23H39N7O/c1-23(2,3)20-18-19(28(4)27-20)21(31)26-22(25-18)30(16-17-8-6-5-7-9-17)15-14-29-12-10-24-11-13-29/h17,24H,5-16H2,1-4H3,(H,25,26,31). The van der Waals surface area contributed by atoms with E-state index < -0.39 is 0 Å². The van der Waals surface area contributed by atoms with Gasteiger partial charge in [-0.2, -0.15) is 5.10 Å².